The third-order valence-corrected chi connectivity index (χ3v) is 4.28. The summed E-state index contributed by atoms with van der Waals surface area (Å²) in [6.45, 7) is 8.18. The number of nitrogens with zero attached hydrogens (tertiary/aromatic N) is 2. The molecule has 3 heterocycles. The number of rotatable bonds is 2. The molecule has 0 amide bonds. The van der Waals surface area contributed by atoms with Crippen LogP contribution in [0.1, 0.15) is 33.4 Å². The maximum absolute atomic E-state index is 5.95. The van der Waals surface area contributed by atoms with Gasteiger partial charge in [-0.15, -0.1) is 0 Å². The fourth-order valence-corrected chi connectivity index (χ4v) is 2.31. The summed E-state index contributed by atoms with van der Waals surface area (Å²) in [6, 6.07) is 3.92. The van der Waals surface area contributed by atoms with Gasteiger partial charge in [0.2, 0.25) is 0 Å². The largest absolute Gasteiger partial charge is 0.487 e. The molecule has 0 atom stereocenters. The first-order valence-corrected chi connectivity index (χ1v) is 7.12. The SMILES string of the molecule is CC1(C)OB(/C=C/c2nccc3cnccc23)OC1(C)C. The molecule has 0 radical (unpaired) electrons. The van der Waals surface area contributed by atoms with Crippen molar-refractivity contribution in [2.75, 3.05) is 0 Å². The highest BCUT2D eigenvalue weighted by Gasteiger charge is 2.50. The summed E-state index contributed by atoms with van der Waals surface area (Å²) in [5.74, 6) is 1.92. The van der Waals surface area contributed by atoms with E-state index in [4.69, 9.17) is 9.31 Å². The summed E-state index contributed by atoms with van der Waals surface area (Å²) in [4.78, 5) is 8.54. The highest BCUT2D eigenvalue weighted by Crippen LogP contribution is 2.37. The molecule has 2 aromatic heterocycles. The molecule has 21 heavy (non-hydrogen) atoms. The molecule has 0 bridgehead atoms. The fraction of sp³-hybridized carbons (Fsp3) is 0.375. The van der Waals surface area contributed by atoms with Crippen molar-refractivity contribution >= 4 is 24.0 Å². The molecule has 3 rings (SSSR count). The zero-order chi connectivity index (χ0) is 15.1. The lowest BCUT2D eigenvalue weighted by atomic mass is 9.89. The standard InChI is InChI=1S/C16H19BN2O2/c1-15(2)16(3,4)21-17(20-15)8-5-14-13-7-9-18-11-12(13)6-10-19-14/h5-11H,1-4H3/b8-5+. The van der Waals surface area contributed by atoms with Crippen molar-refractivity contribution in [2.45, 2.75) is 38.9 Å². The Morgan fingerprint density at radius 2 is 1.76 bits per heavy atom. The maximum Gasteiger partial charge on any atom is 0.487 e. The molecule has 1 saturated heterocycles. The molecule has 2 aromatic rings. The topological polar surface area (TPSA) is 44.2 Å². The van der Waals surface area contributed by atoms with Gasteiger partial charge in [-0.2, -0.15) is 0 Å². The molecule has 1 aliphatic heterocycles. The lowest BCUT2D eigenvalue weighted by molar-refractivity contribution is 0.00578. The van der Waals surface area contributed by atoms with E-state index in [-0.39, 0.29) is 18.3 Å². The summed E-state index contributed by atoms with van der Waals surface area (Å²) in [6.07, 6.45) is 7.34. The molecule has 0 saturated carbocycles. The molecule has 1 aliphatic rings. The van der Waals surface area contributed by atoms with E-state index >= 15 is 0 Å². The molecule has 4 nitrogen and oxygen atoms in total. The zero-order valence-corrected chi connectivity index (χ0v) is 12.8. The Kier molecular flexibility index (Phi) is 3.34. The molecule has 0 unspecified atom stereocenters. The van der Waals surface area contributed by atoms with Crippen LogP contribution in [0.5, 0.6) is 0 Å². The molecule has 1 fully saturated rings. The van der Waals surface area contributed by atoms with E-state index in [2.05, 4.69) is 9.97 Å². The number of pyridine rings is 2. The Morgan fingerprint density at radius 3 is 2.48 bits per heavy atom. The minimum Gasteiger partial charge on any atom is -0.400 e. The molecule has 5 heteroatoms. The van der Waals surface area contributed by atoms with Gasteiger partial charge in [0.1, 0.15) is 0 Å². The van der Waals surface area contributed by atoms with E-state index in [1.165, 1.54) is 0 Å². The third kappa shape index (κ3) is 2.59. The van der Waals surface area contributed by atoms with Gasteiger partial charge in [0.05, 0.1) is 16.9 Å². The second-order valence-electron chi connectivity index (χ2n) is 6.28. The fourth-order valence-electron chi connectivity index (χ4n) is 2.31. The Hall–Kier alpha value is -1.72. The van der Waals surface area contributed by atoms with Crippen LogP contribution in [-0.4, -0.2) is 28.3 Å². The predicted molar refractivity (Wildman–Crippen MR) is 84.7 cm³/mol. The van der Waals surface area contributed by atoms with Gasteiger partial charge in [-0.05, 0) is 45.9 Å². The summed E-state index contributed by atoms with van der Waals surface area (Å²) in [5, 5.41) is 2.14. The van der Waals surface area contributed by atoms with Gasteiger partial charge in [0.15, 0.2) is 0 Å². The normalized spacial score (nSPS) is 20.5. The van der Waals surface area contributed by atoms with Crippen LogP contribution in [0.25, 0.3) is 16.8 Å². The van der Waals surface area contributed by atoms with Gasteiger partial charge in [-0.25, -0.2) is 0 Å². The van der Waals surface area contributed by atoms with Crippen molar-refractivity contribution in [3.05, 3.63) is 42.4 Å². The van der Waals surface area contributed by atoms with Crippen LogP contribution in [0.4, 0.5) is 0 Å². The zero-order valence-electron chi connectivity index (χ0n) is 12.8. The van der Waals surface area contributed by atoms with E-state index in [0.29, 0.717) is 0 Å². The number of hydrogen-bond donors (Lipinski definition) is 0. The van der Waals surface area contributed by atoms with Crippen molar-refractivity contribution < 1.29 is 9.31 Å². The van der Waals surface area contributed by atoms with Crippen LogP contribution < -0.4 is 0 Å². The van der Waals surface area contributed by atoms with Crippen LogP contribution in [-0.2, 0) is 9.31 Å². The molecular weight excluding hydrogens is 263 g/mol. The summed E-state index contributed by atoms with van der Waals surface area (Å²) in [7, 11) is -0.353. The Bertz CT molecular complexity index is 676. The smallest absolute Gasteiger partial charge is 0.400 e. The summed E-state index contributed by atoms with van der Waals surface area (Å²) in [5.41, 5.74) is 0.251. The van der Waals surface area contributed by atoms with Gasteiger partial charge in [-0.1, -0.05) is 5.98 Å². The monoisotopic (exact) mass is 282 g/mol. The van der Waals surface area contributed by atoms with Crippen molar-refractivity contribution in [1.82, 2.24) is 9.97 Å². The van der Waals surface area contributed by atoms with Crippen LogP contribution >= 0.6 is 0 Å². The van der Waals surface area contributed by atoms with E-state index in [1.54, 1.807) is 12.4 Å². The Labute approximate surface area is 125 Å². The first kappa shape index (κ1) is 14.2. The highest BCUT2D eigenvalue weighted by atomic mass is 16.7. The van der Waals surface area contributed by atoms with Gasteiger partial charge in [0.25, 0.3) is 0 Å². The average Bonchev–Trinajstić information content (AvgIpc) is 2.64. The summed E-state index contributed by atoms with van der Waals surface area (Å²) >= 11 is 0. The quantitative estimate of drug-likeness (QED) is 0.793. The van der Waals surface area contributed by atoms with Crippen molar-refractivity contribution in [3.63, 3.8) is 0 Å². The number of hydrogen-bond acceptors (Lipinski definition) is 4. The lowest BCUT2D eigenvalue weighted by Gasteiger charge is -2.32. The molecule has 0 aliphatic carbocycles. The second-order valence-corrected chi connectivity index (χ2v) is 6.28. The molecule has 108 valence electrons. The molecule has 0 spiro atoms. The van der Waals surface area contributed by atoms with Crippen molar-refractivity contribution in [3.8, 4) is 0 Å². The van der Waals surface area contributed by atoms with Crippen LogP contribution in [0.15, 0.2) is 36.7 Å². The highest BCUT2D eigenvalue weighted by molar-refractivity contribution is 6.52. The number of fused-ring (bicyclic) bond motifs is 1. The maximum atomic E-state index is 5.95. The van der Waals surface area contributed by atoms with Crippen LogP contribution in [0.2, 0.25) is 0 Å². The Morgan fingerprint density at radius 1 is 1.05 bits per heavy atom. The molecule has 0 aromatic carbocycles. The van der Waals surface area contributed by atoms with Crippen molar-refractivity contribution in [1.29, 1.82) is 0 Å². The van der Waals surface area contributed by atoms with Gasteiger partial charge in [-0.3, -0.25) is 9.97 Å². The number of aromatic nitrogens is 2. The predicted octanol–water partition coefficient (Wildman–Crippen LogP) is 3.27. The van der Waals surface area contributed by atoms with E-state index in [0.717, 1.165) is 16.5 Å². The van der Waals surface area contributed by atoms with Gasteiger partial charge >= 0.3 is 7.12 Å². The second kappa shape index (κ2) is 4.93. The van der Waals surface area contributed by atoms with Crippen LogP contribution in [0.3, 0.4) is 0 Å². The van der Waals surface area contributed by atoms with Crippen LogP contribution in [0, 0.1) is 0 Å². The third-order valence-electron chi connectivity index (χ3n) is 4.28. The Balaban J connectivity index is 1.87. The summed E-state index contributed by atoms with van der Waals surface area (Å²) < 4.78 is 11.9. The minimum absolute atomic E-state index is 0.321. The van der Waals surface area contributed by atoms with Gasteiger partial charge < -0.3 is 9.31 Å². The van der Waals surface area contributed by atoms with Crippen molar-refractivity contribution in [2.24, 2.45) is 0 Å². The van der Waals surface area contributed by atoms with E-state index < -0.39 is 0 Å². The minimum atomic E-state index is -0.353. The van der Waals surface area contributed by atoms with E-state index in [9.17, 15) is 0 Å². The molecule has 0 N–H and O–H groups in total. The molecular formula is C16H19BN2O2. The van der Waals surface area contributed by atoms with E-state index in [1.807, 2.05) is 58.1 Å². The van der Waals surface area contributed by atoms with Gasteiger partial charge in [0, 0.05) is 29.4 Å². The lowest BCUT2D eigenvalue weighted by Crippen LogP contribution is -2.41. The first-order valence-electron chi connectivity index (χ1n) is 7.12. The first-order chi connectivity index (χ1) is 9.89. The average molecular weight is 282 g/mol.